The maximum Gasteiger partial charge on any atom is 0.162 e. The summed E-state index contributed by atoms with van der Waals surface area (Å²) in [5.41, 5.74) is 2.14. The molecule has 0 radical (unpaired) electrons. The first-order valence-corrected chi connectivity index (χ1v) is 7.36. The summed E-state index contributed by atoms with van der Waals surface area (Å²) in [5.74, 6) is 1.80. The Morgan fingerprint density at radius 2 is 1.95 bits per heavy atom. The molecule has 4 nitrogen and oxygen atoms in total. The lowest BCUT2D eigenvalue weighted by Crippen LogP contribution is -2.29. The van der Waals surface area contributed by atoms with Crippen molar-refractivity contribution in [2.75, 3.05) is 27.3 Å². The highest BCUT2D eigenvalue weighted by Gasteiger charge is 2.16. The Hall–Kier alpha value is -1.97. The number of ether oxygens (including phenoxy) is 2. The lowest BCUT2D eigenvalue weighted by atomic mass is 10.0. The number of carbonyl (C=O) groups excluding carboxylic acids is 1. The van der Waals surface area contributed by atoms with E-state index >= 15 is 0 Å². The molecule has 114 valence electrons. The molecular weight excluding hydrogens is 266 g/mol. The van der Waals surface area contributed by atoms with Crippen LogP contribution in [0.5, 0.6) is 11.5 Å². The number of ketones is 1. The van der Waals surface area contributed by atoms with Crippen LogP contribution >= 0.6 is 0 Å². The maximum atomic E-state index is 11.7. The van der Waals surface area contributed by atoms with Crippen molar-refractivity contribution >= 4 is 5.78 Å². The van der Waals surface area contributed by atoms with Crippen LogP contribution in [0.3, 0.4) is 0 Å². The molecule has 1 heterocycles. The first-order chi connectivity index (χ1) is 10.2. The zero-order chi connectivity index (χ0) is 15.2. The number of hydrogen-bond acceptors (Lipinski definition) is 4. The SMILES string of the molecule is CCC1=CN(CCc2ccc(OC)c(OC)c2)CCC1=O. The monoisotopic (exact) mass is 289 g/mol. The third kappa shape index (κ3) is 3.78. The minimum absolute atomic E-state index is 0.292. The molecule has 1 aromatic rings. The summed E-state index contributed by atoms with van der Waals surface area (Å²) in [6, 6.07) is 6.00. The van der Waals surface area contributed by atoms with E-state index in [1.54, 1.807) is 14.2 Å². The Bertz CT molecular complexity index is 537. The minimum atomic E-state index is 0.292. The number of allylic oxidation sites excluding steroid dienone is 1. The lowest BCUT2D eigenvalue weighted by Gasteiger charge is -2.25. The smallest absolute Gasteiger partial charge is 0.162 e. The van der Waals surface area contributed by atoms with Crippen molar-refractivity contribution in [2.45, 2.75) is 26.2 Å². The largest absolute Gasteiger partial charge is 0.493 e. The van der Waals surface area contributed by atoms with Gasteiger partial charge >= 0.3 is 0 Å². The summed E-state index contributed by atoms with van der Waals surface area (Å²) in [4.78, 5) is 13.9. The van der Waals surface area contributed by atoms with Gasteiger partial charge in [-0.15, -0.1) is 0 Å². The minimum Gasteiger partial charge on any atom is -0.493 e. The third-order valence-electron chi connectivity index (χ3n) is 3.84. The zero-order valence-corrected chi connectivity index (χ0v) is 13.0. The number of methoxy groups -OCH3 is 2. The van der Waals surface area contributed by atoms with Crippen LogP contribution in [0.4, 0.5) is 0 Å². The second-order valence-electron chi connectivity index (χ2n) is 5.16. The van der Waals surface area contributed by atoms with Gasteiger partial charge in [-0.2, -0.15) is 0 Å². The van der Waals surface area contributed by atoms with Crippen LogP contribution in [-0.4, -0.2) is 38.0 Å². The quantitative estimate of drug-likeness (QED) is 0.807. The number of rotatable bonds is 6. The summed E-state index contributed by atoms with van der Waals surface area (Å²) >= 11 is 0. The molecule has 4 heteroatoms. The topological polar surface area (TPSA) is 38.8 Å². The molecule has 0 bridgehead atoms. The van der Waals surface area contributed by atoms with E-state index in [-0.39, 0.29) is 0 Å². The molecule has 0 aromatic heterocycles. The van der Waals surface area contributed by atoms with E-state index in [2.05, 4.69) is 11.0 Å². The number of carbonyl (C=O) groups is 1. The molecule has 21 heavy (non-hydrogen) atoms. The summed E-state index contributed by atoms with van der Waals surface area (Å²) in [7, 11) is 3.29. The van der Waals surface area contributed by atoms with Crippen LogP contribution in [0.15, 0.2) is 30.0 Å². The summed E-state index contributed by atoms with van der Waals surface area (Å²) < 4.78 is 10.6. The van der Waals surface area contributed by atoms with Gasteiger partial charge in [0.1, 0.15) is 0 Å². The molecule has 0 amide bonds. The van der Waals surface area contributed by atoms with Gasteiger partial charge < -0.3 is 14.4 Å². The van der Waals surface area contributed by atoms with E-state index in [4.69, 9.17) is 9.47 Å². The Kier molecular flexibility index (Phi) is 5.26. The van der Waals surface area contributed by atoms with Crippen molar-refractivity contribution in [1.29, 1.82) is 0 Å². The second-order valence-corrected chi connectivity index (χ2v) is 5.16. The van der Waals surface area contributed by atoms with Gasteiger partial charge in [0.25, 0.3) is 0 Å². The van der Waals surface area contributed by atoms with Crippen molar-refractivity contribution in [1.82, 2.24) is 4.90 Å². The molecule has 0 spiro atoms. The van der Waals surface area contributed by atoms with Gasteiger partial charge in [0.05, 0.1) is 14.2 Å². The highest BCUT2D eigenvalue weighted by atomic mass is 16.5. The van der Waals surface area contributed by atoms with Crippen LogP contribution in [0.25, 0.3) is 0 Å². The molecule has 1 aliphatic heterocycles. The van der Waals surface area contributed by atoms with E-state index < -0.39 is 0 Å². The van der Waals surface area contributed by atoms with E-state index in [0.29, 0.717) is 12.2 Å². The molecule has 0 saturated carbocycles. The van der Waals surface area contributed by atoms with Crippen LogP contribution < -0.4 is 9.47 Å². The van der Waals surface area contributed by atoms with E-state index in [1.807, 2.05) is 25.3 Å². The second kappa shape index (κ2) is 7.16. The van der Waals surface area contributed by atoms with Crippen molar-refractivity contribution < 1.29 is 14.3 Å². The summed E-state index contributed by atoms with van der Waals surface area (Å²) in [5, 5.41) is 0. The molecule has 0 N–H and O–H groups in total. The van der Waals surface area contributed by atoms with Gasteiger partial charge in [-0.3, -0.25) is 4.79 Å². The van der Waals surface area contributed by atoms with Gasteiger partial charge in [-0.1, -0.05) is 13.0 Å². The van der Waals surface area contributed by atoms with E-state index in [9.17, 15) is 4.79 Å². The van der Waals surface area contributed by atoms with Gasteiger partial charge in [0.2, 0.25) is 0 Å². The molecule has 0 atom stereocenters. The normalized spacial score (nSPS) is 14.9. The Morgan fingerprint density at radius 3 is 2.62 bits per heavy atom. The number of hydrogen-bond donors (Lipinski definition) is 0. The molecule has 0 unspecified atom stereocenters. The number of Topliss-reactive ketones (excluding diaryl/α,β-unsaturated/α-hetero) is 1. The van der Waals surface area contributed by atoms with Crippen molar-refractivity contribution in [3.8, 4) is 11.5 Å². The van der Waals surface area contributed by atoms with Crippen molar-refractivity contribution in [3.63, 3.8) is 0 Å². The van der Waals surface area contributed by atoms with Crippen LogP contribution in [-0.2, 0) is 11.2 Å². The fraction of sp³-hybridized carbons (Fsp3) is 0.471. The highest BCUT2D eigenvalue weighted by molar-refractivity contribution is 5.95. The standard InChI is InChI=1S/C17H23NO3/c1-4-14-12-18(10-8-15(14)19)9-7-13-5-6-16(20-2)17(11-13)21-3/h5-6,11-12H,4,7-10H2,1-3H3. The third-order valence-corrected chi connectivity index (χ3v) is 3.84. The van der Waals surface area contributed by atoms with E-state index in [1.165, 1.54) is 5.56 Å². The molecule has 1 aliphatic rings. The summed E-state index contributed by atoms with van der Waals surface area (Å²) in [6.07, 6.45) is 4.38. The van der Waals surface area contributed by atoms with Gasteiger partial charge in [0.15, 0.2) is 17.3 Å². The van der Waals surface area contributed by atoms with Gasteiger partial charge in [-0.05, 0) is 30.5 Å². The molecular formula is C17H23NO3. The van der Waals surface area contributed by atoms with Crippen LogP contribution in [0.1, 0.15) is 25.3 Å². The van der Waals surface area contributed by atoms with Crippen LogP contribution in [0.2, 0.25) is 0 Å². The first-order valence-electron chi connectivity index (χ1n) is 7.36. The Balaban J connectivity index is 2.00. The van der Waals surface area contributed by atoms with Gasteiger partial charge in [-0.25, -0.2) is 0 Å². The van der Waals surface area contributed by atoms with Crippen molar-refractivity contribution in [2.24, 2.45) is 0 Å². The predicted octanol–water partition coefficient (Wildman–Crippen LogP) is 2.82. The average molecular weight is 289 g/mol. The lowest BCUT2D eigenvalue weighted by molar-refractivity contribution is -0.116. The molecule has 0 fully saturated rings. The predicted molar refractivity (Wildman–Crippen MR) is 82.8 cm³/mol. The number of benzene rings is 1. The molecule has 0 saturated heterocycles. The molecule has 2 rings (SSSR count). The Morgan fingerprint density at radius 1 is 1.19 bits per heavy atom. The molecule has 1 aromatic carbocycles. The summed E-state index contributed by atoms with van der Waals surface area (Å²) in [6.45, 7) is 3.75. The highest BCUT2D eigenvalue weighted by Crippen LogP contribution is 2.27. The van der Waals surface area contributed by atoms with Crippen LogP contribution in [0, 0.1) is 0 Å². The number of nitrogens with zero attached hydrogens (tertiary/aromatic N) is 1. The first kappa shape index (κ1) is 15.4. The fourth-order valence-corrected chi connectivity index (χ4v) is 2.54. The Labute approximate surface area is 126 Å². The zero-order valence-electron chi connectivity index (χ0n) is 13.0. The van der Waals surface area contributed by atoms with Gasteiger partial charge in [0, 0.05) is 31.3 Å². The maximum absolute atomic E-state index is 11.7. The fourth-order valence-electron chi connectivity index (χ4n) is 2.54. The average Bonchev–Trinajstić information content (AvgIpc) is 2.53. The molecule has 0 aliphatic carbocycles. The van der Waals surface area contributed by atoms with Crippen molar-refractivity contribution in [3.05, 3.63) is 35.5 Å². The van der Waals surface area contributed by atoms with E-state index in [0.717, 1.165) is 43.0 Å².